The summed E-state index contributed by atoms with van der Waals surface area (Å²) < 4.78 is 6.98. The fraction of sp³-hybridized carbons (Fsp3) is 0.444. The molecule has 0 spiro atoms. The molecular formula is C18H26IN7O2. The summed E-state index contributed by atoms with van der Waals surface area (Å²) in [6.07, 6.45) is 5.25. The van der Waals surface area contributed by atoms with Crippen molar-refractivity contribution in [2.24, 2.45) is 12.0 Å². The van der Waals surface area contributed by atoms with E-state index in [2.05, 4.69) is 20.4 Å². The molecule has 3 heterocycles. The molecule has 2 aromatic heterocycles. The number of aliphatic imine (C=N–C) groups is 1. The third-order valence-electron chi connectivity index (χ3n) is 4.30. The normalized spacial score (nSPS) is 14.7. The van der Waals surface area contributed by atoms with Crippen molar-refractivity contribution in [3.8, 4) is 5.88 Å². The number of rotatable bonds is 5. The highest BCUT2D eigenvalue weighted by molar-refractivity contribution is 14.0. The van der Waals surface area contributed by atoms with Gasteiger partial charge in [-0.25, -0.2) is 9.98 Å². The van der Waals surface area contributed by atoms with Gasteiger partial charge in [0.2, 0.25) is 11.8 Å². The predicted molar refractivity (Wildman–Crippen MR) is 118 cm³/mol. The second kappa shape index (κ2) is 10.2. The Morgan fingerprint density at radius 1 is 1.39 bits per heavy atom. The quantitative estimate of drug-likeness (QED) is 0.379. The number of aromatic nitrogens is 3. The van der Waals surface area contributed by atoms with Crippen LogP contribution in [0.5, 0.6) is 5.88 Å². The van der Waals surface area contributed by atoms with Crippen molar-refractivity contribution >= 4 is 41.5 Å². The number of amides is 1. The average Bonchev–Trinajstić information content (AvgIpc) is 3.11. The van der Waals surface area contributed by atoms with Crippen LogP contribution in [-0.2, 0) is 18.4 Å². The van der Waals surface area contributed by atoms with E-state index in [0.29, 0.717) is 31.5 Å². The third kappa shape index (κ3) is 5.12. The molecule has 1 aliphatic heterocycles. The molecule has 1 aliphatic rings. The van der Waals surface area contributed by atoms with Gasteiger partial charge in [-0.1, -0.05) is 6.07 Å². The molecule has 0 unspecified atom stereocenters. The molecule has 1 saturated heterocycles. The molecule has 3 rings (SSSR count). The van der Waals surface area contributed by atoms with E-state index in [0.717, 1.165) is 17.8 Å². The minimum atomic E-state index is 0. The van der Waals surface area contributed by atoms with Gasteiger partial charge in [0.05, 0.1) is 25.5 Å². The maximum atomic E-state index is 12.6. The standard InChI is InChI=1S/C18H25N7O2.HI/c1-4-19-18(21-10-14-6-5-7-20-17(14)27-3)24-8-9-25(16(26)13-24)15-11-22-23(2)12-15;/h5-7,11-12H,4,8-10,13H2,1-3H3,(H,19,21);1H. The maximum Gasteiger partial charge on any atom is 0.246 e. The number of hydrogen-bond donors (Lipinski definition) is 1. The van der Waals surface area contributed by atoms with Crippen LogP contribution in [0.1, 0.15) is 12.5 Å². The van der Waals surface area contributed by atoms with Crippen molar-refractivity contribution in [2.75, 3.05) is 38.2 Å². The number of carbonyl (C=O) groups excluding carboxylic acids is 1. The minimum Gasteiger partial charge on any atom is -0.481 e. The monoisotopic (exact) mass is 499 g/mol. The molecule has 0 atom stereocenters. The zero-order valence-electron chi connectivity index (χ0n) is 16.3. The van der Waals surface area contributed by atoms with Gasteiger partial charge in [0.25, 0.3) is 0 Å². The molecule has 10 heteroatoms. The SMILES string of the molecule is CCNC(=NCc1cccnc1OC)N1CCN(c2cnn(C)c2)C(=O)C1.I. The number of hydrogen-bond acceptors (Lipinski definition) is 5. The Labute approximate surface area is 181 Å². The Bertz CT molecular complexity index is 824. The van der Waals surface area contributed by atoms with Crippen LogP contribution in [0, 0.1) is 0 Å². The van der Waals surface area contributed by atoms with E-state index in [1.807, 2.05) is 37.2 Å². The van der Waals surface area contributed by atoms with Crippen molar-refractivity contribution in [2.45, 2.75) is 13.5 Å². The Kier molecular flexibility index (Phi) is 8.03. The number of halogens is 1. The van der Waals surface area contributed by atoms with E-state index in [1.54, 1.807) is 29.1 Å². The fourth-order valence-electron chi connectivity index (χ4n) is 2.99. The largest absolute Gasteiger partial charge is 0.481 e. The Balaban J connectivity index is 0.00000280. The summed E-state index contributed by atoms with van der Waals surface area (Å²) in [5.41, 5.74) is 1.72. The number of nitrogens with one attached hydrogen (secondary N) is 1. The first-order valence-electron chi connectivity index (χ1n) is 8.92. The molecule has 152 valence electrons. The van der Waals surface area contributed by atoms with Gasteiger partial charge in [-0.2, -0.15) is 5.10 Å². The zero-order chi connectivity index (χ0) is 19.2. The van der Waals surface area contributed by atoms with Crippen LogP contribution in [0.3, 0.4) is 0 Å². The molecule has 0 radical (unpaired) electrons. The molecule has 1 fully saturated rings. The summed E-state index contributed by atoms with van der Waals surface area (Å²) in [5.74, 6) is 1.30. The Hall–Kier alpha value is -2.37. The number of ether oxygens (including phenoxy) is 1. The van der Waals surface area contributed by atoms with Gasteiger partial charge in [-0.15, -0.1) is 24.0 Å². The van der Waals surface area contributed by atoms with Crippen molar-refractivity contribution in [1.82, 2.24) is 25.0 Å². The van der Waals surface area contributed by atoms with Gasteiger partial charge in [0.1, 0.15) is 6.54 Å². The van der Waals surface area contributed by atoms with Crippen LogP contribution in [0.2, 0.25) is 0 Å². The number of piperazine rings is 1. The van der Waals surface area contributed by atoms with Crippen LogP contribution in [-0.4, -0.2) is 64.8 Å². The van der Waals surface area contributed by atoms with E-state index in [9.17, 15) is 4.79 Å². The van der Waals surface area contributed by atoms with Crippen LogP contribution in [0.4, 0.5) is 5.69 Å². The second-order valence-corrected chi connectivity index (χ2v) is 6.18. The van der Waals surface area contributed by atoms with E-state index in [1.165, 1.54) is 0 Å². The van der Waals surface area contributed by atoms with Crippen LogP contribution in [0.25, 0.3) is 0 Å². The molecule has 0 saturated carbocycles. The molecule has 0 aliphatic carbocycles. The first kappa shape index (κ1) is 21.9. The Morgan fingerprint density at radius 3 is 2.86 bits per heavy atom. The molecule has 1 amide bonds. The summed E-state index contributed by atoms with van der Waals surface area (Å²) in [4.78, 5) is 25.2. The lowest BCUT2D eigenvalue weighted by Gasteiger charge is -2.35. The number of pyridine rings is 1. The van der Waals surface area contributed by atoms with Gasteiger partial charge < -0.3 is 19.9 Å². The number of guanidine groups is 1. The Morgan fingerprint density at radius 2 is 2.21 bits per heavy atom. The smallest absolute Gasteiger partial charge is 0.246 e. The molecule has 28 heavy (non-hydrogen) atoms. The lowest BCUT2D eigenvalue weighted by molar-refractivity contribution is -0.120. The summed E-state index contributed by atoms with van der Waals surface area (Å²) >= 11 is 0. The lowest BCUT2D eigenvalue weighted by Crippen LogP contribution is -2.55. The zero-order valence-corrected chi connectivity index (χ0v) is 18.7. The molecule has 9 nitrogen and oxygen atoms in total. The maximum absolute atomic E-state index is 12.6. The predicted octanol–water partition coefficient (Wildman–Crippen LogP) is 1.26. The van der Waals surface area contributed by atoms with Gasteiger partial charge in [-0.3, -0.25) is 9.48 Å². The van der Waals surface area contributed by atoms with Gasteiger partial charge >= 0.3 is 0 Å². The summed E-state index contributed by atoms with van der Waals surface area (Å²) in [6, 6.07) is 3.79. The van der Waals surface area contributed by atoms with Gasteiger partial charge in [-0.05, 0) is 13.0 Å². The van der Waals surface area contributed by atoms with E-state index in [-0.39, 0.29) is 36.4 Å². The summed E-state index contributed by atoms with van der Waals surface area (Å²) in [7, 11) is 3.43. The highest BCUT2D eigenvalue weighted by Gasteiger charge is 2.27. The summed E-state index contributed by atoms with van der Waals surface area (Å²) in [6.45, 7) is 4.71. The van der Waals surface area contributed by atoms with Crippen molar-refractivity contribution in [3.05, 3.63) is 36.3 Å². The number of carbonyl (C=O) groups is 1. The molecule has 1 N–H and O–H groups in total. The molecular weight excluding hydrogens is 473 g/mol. The van der Waals surface area contributed by atoms with Crippen molar-refractivity contribution in [1.29, 1.82) is 0 Å². The highest BCUT2D eigenvalue weighted by atomic mass is 127. The first-order chi connectivity index (χ1) is 13.1. The van der Waals surface area contributed by atoms with Crippen LogP contribution < -0.4 is 15.0 Å². The number of methoxy groups -OCH3 is 1. The average molecular weight is 499 g/mol. The topological polar surface area (TPSA) is 87.9 Å². The van der Waals surface area contributed by atoms with Gasteiger partial charge in [0, 0.05) is 44.6 Å². The van der Waals surface area contributed by atoms with Crippen LogP contribution in [0.15, 0.2) is 35.7 Å². The van der Waals surface area contributed by atoms with E-state index < -0.39 is 0 Å². The number of aryl methyl sites for hydroxylation is 1. The highest BCUT2D eigenvalue weighted by Crippen LogP contribution is 2.17. The minimum absolute atomic E-state index is 0. The lowest BCUT2D eigenvalue weighted by atomic mass is 10.2. The van der Waals surface area contributed by atoms with Gasteiger partial charge in [0.15, 0.2) is 5.96 Å². The van der Waals surface area contributed by atoms with Crippen molar-refractivity contribution < 1.29 is 9.53 Å². The second-order valence-electron chi connectivity index (χ2n) is 6.18. The summed E-state index contributed by atoms with van der Waals surface area (Å²) in [5, 5.41) is 7.41. The van der Waals surface area contributed by atoms with E-state index in [4.69, 9.17) is 4.74 Å². The third-order valence-corrected chi connectivity index (χ3v) is 4.30. The fourth-order valence-corrected chi connectivity index (χ4v) is 2.99. The van der Waals surface area contributed by atoms with Crippen LogP contribution >= 0.6 is 24.0 Å². The number of anilines is 1. The first-order valence-corrected chi connectivity index (χ1v) is 8.92. The van der Waals surface area contributed by atoms with Crippen molar-refractivity contribution in [3.63, 3.8) is 0 Å². The molecule has 0 bridgehead atoms. The molecule has 0 aromatic carbocycles. The van der Waals surface area contributed by atoms with E-state index >= 15 is 0 Å². The molecule has 2 aromatic rings. The number of nitrogens with zero attached hydrogens (tertiary/aromatic N) is 6.